The number of hydrogen-bond acceptors (Lipinski definition) is 3. The molecule has 3 heteroatoms. The Labute approximate surface area is 151 Å². The second-order valence-corrected chi connectivity index (χ2v) is 6.43. The van der Waals surface area contributed by atoms with Crippen LogP contribution in [0.5, 0.6) is 0 Å². The van der Waals surface area contributed by atoms with Crippen LogP contribution in [0.4, 0.5) is 5.69 Å². The van der Waals surface area contributed by atoms with Crippen molar-refractivity contribution in [1.29, 1.82) is 0 Å². The molecule has 3 rings (SSSR count). The normalized spacial score (nSPS) is 23.8. The zero-order chi connectivity index (χ0) is 18.3. The number of ether oxygens (including phenoxy) is 1. The Hall–Kier alpha value is -2.29. The van der Waals surface area contributed by atoms with Gasteiger partial charge in [-0.05, 0) is 24.1 Å². The van der Waals surface area contributed by atoms with E-state index in [0.29, 0.717) is 12.3 Å². The fourth-order valence-corrected chi connectivity index (χ4v) is 3.53. The fourth-order valence-electron chi connectivity index (χ4n) is 3.53. The number of rotatable bonds is 5. The molecule has 1 aliphatic rings. The van der Waals surface area contributed by atoms with Crippen molar-refractivity contribution in [3.05, 3.63) is 66.2 Å². The molecule has 2 aromatic carbocycles. The van der Waals surface area contributed by atoms with Crippen LogP contribution in [0.3, 0.4) is 0 Å². The molecule has 25 heavy (non-hydrogen) atoms. The van der Waals surface area contributed by atoms with Gasteiger partial charge in [-0.3, -0.25) is 4.79 Å². The van der Waals surface area contributed by atoms with Crippen molar-refractivity contribution >= 4 is 11.7 Å². The highest BCUT2D eigenvalue weighted by molar-refractivity contribution is 5.70. The van der Waals surface area contributed by atoms with E-state index in [-0.39, 0.29) is 17.5 Å². The van der Waals surface area contributed by atoms with Gasteiger partial charge in [0.1, 0.15) is 6.10 Å². The van der Waals surface area contributed by atoms with Gasteiger partial charge < -0.3 is 10.1 Å². The van der Waals surface area contributed by atoms with Gasteiger partial charge in [-0.1, -0.05) is 69.3 Å². The number of nitrogens with one attached hydrogen (secondary N) is 1. The first kappa shape index (κ1) is 19.0. The molecule has 2 aromatic rings. The summed E-state index contributed by atoms with van der Waals surface area (Å²) in [5.41, 5.74) is 2.50. The molecular formula is C22H29NO2. The molecule has 3 nitrogen and oxygen atoms in total. The maximum atomic E-state index is 11.4. The molecule has 0 aromatic heterocycles. The molecule has 1 aliphatic carbocycles. The van der Waals surface area contributed by atoms with E-state index in [2.05, 4.69) is 43.4 Å². The highest BCUT2D eigenvalue weighted by atomic mass is 16.6. The summed E-state index contributed by atoms with van der Waals surface area (Å²) < 4.78 is 5.55. The topological polar surface area (TPSA) is 38.3 Å². The first-order chi connectivity index (χ1) is 12.1. The Morgan fingerprint density at radius 3 is 2.04 bits per heavy atom. The number of benzene rings is 2. The summed E-state index contributed by atoms with van der Waals surface area (Å²) in [6.07, 6.45) is 1.53. The minimum absolute atomic E-state index is 0.0477. The van der Waals surface area contributed by atoms with Crippen LogP contribution < -0.4 is 5.32 Å². The maximum Gasteiger partial charge on any atom is 0.305 e. The van der Waals surface area contributed by atoms with Crippen molar-refractivity contribution in [2.45, 2.75) is 45.1 Å². The Balaban J connectivity index is 0.000000236. The summed E-state index contributed by atoms with van der Waals surface area (Å²) in [5, 5.41) is 3.03. The molecule has 3 atom stereocenters. The monoisotopic (exact) mass is 339 g/mol. The molecule has 0 saturated heterocycles. The van der Waals surface area contributed by atoms with Crippen molar-refractivity contribution in [3.63, 3.8) is 0 Å². The molecule has 0 amide bonds. The first-order valence-corrected chi connectivity index (χ1v) is 9.07. The predicted octanol–water partition coefficient (Wildman–Crippen LogP) is 5.03. The van der Waals surface area contributed by atoms with E-state index < -0.39 is 0 Å². The summed E-state index contributed by atoms with van der Waals surface area (Å²) in [6, 6.07) is 20.5. The first-order valence-electron chi connectivity index (χ1n) is 9.07. The number of anilines is 1. The highest BCUT2D eigenvalue weighted by Gasteiger charge is 2.64. The molecule has 3 unspecified atom stereocenters. The molecule has 0 aliphatic heterocycles. The third kappa shape index (κ3) is 4.22. The minimum Gasteiger partial charge on any atom is -0.461 e. The van der Waals surface area contributed by atoms with E-state index in [0.717, 1.165) is 12.1 Å². The van der Waals surface area contributed by atoms with Gasteiger partial charge in [-0.25, -0.2) is 0 Å². The van der Waals surface area contributed by atoms with Gasteiger partial charge in [0.05, 0.1) is 0 Å². The van der Waals surface area contributed by atoms with Gasteiger partial charge in [-0.15, -0.1) is 0 Å². The SMILES string of the molecule is CCC(=O)OC1C(C)C1(CC)c1ccccc1.CNc1ccccc1. The summed E-state index contributed by atoms with van der Waals surface area (Å²) in [5.74, 6) is 0.332. The number of carbonyl (C=O) groups is 1. The van der Waals surface area contributed by atoms with Gasteiger partial charge in [0.15, 0.2) is 0 Å². The van der Waals surface area contributed by atoms with Crippen LogP contribution in [-0.2, 0) is 14.9 Å². The van der Waals surface area contributed by atoms with E-state index in [1.807, 2.05) is 50.4 Å². The molecule has 0 radical (unpaired) electrons. The third-order valence-electron chi connectivity index (χ3n) is 5.17. The van der Waals surface area contributed by atoms with E-state index in [1.165, 1.54) is 5.56 Å². The van der Waals surface area contributed by atoms with Gasteiger partial charge in [0.25, 0.3) is 0 Å². The van der Waals surface area contributed by atoms with Crippen molar-refractivity contribution in [3.8, 4) is 0 Å². The van der Waals surface area contributed by atoms with Gasteiger partial charge in [-0.2, -0.15) is 0 Å². The molecule has 1 fully saturated rings. The lowest BCUT2D eigenvalue weighted by Gasteiger charge is -2.15. The Morgan fingerprint density at radius 1 is 1.04 bits per heavy atom. The van der Waals surface area contributed by atoms with Crippen LogP contribution in [-0.4, -0.2) is 19.1 Å². The lowest BCUT2D eigenvalue weighted by atomic mass is 9.90. The molecule has 0 bridgehead atoms. The molecule has 0 spiro atoms. The van der Waals surface area contributed by atoms with E-state index in [4.69, 9.17) is 4.74 Å². The summed E-state index contributed by atoms with van der Waals surface area (Å²) in [4.78, 5) is 11.4. The average molecular weight is 339 g/mol. The second kappa shape index (κ2) is 8.70. The molecule has 0 heterocycles. The zero-order valence-electron chi connectivity index (χ0n) is 15.7. The summed E-state index contributed by atoms with van der Waals surface area (Å²) in [7, 11) is 1.91. The molecular weight excluding hydrogens is 310 g/mol. The number of carbonyl (C=O) groups excluding carboxylic acids is 1. The second-order valence-electron chi connectivity index (χ2n) is 6.43. The highest BCUT2D eigenvalue weighted by Crippen LogP contribution is 2.58. The quantitative estimate of drug-likeness (QED) is 0.776. The smallest absolute Gasteiger partial charge is 0.305 e. The number of para-hydroxylation sites is 1. The minimum atomic E-state index is -0.0897. The van der Waals surface area contributed by atoms with Crippen molar-refractivity contribution in [2.24, 2.45) is 5.92 Å². The fraction of sp³-hybridized carbons (Fsp3) is 0.409. The largest absolute Gasteiger partial charge is 0.461 e. The van der Waals surface area contributed by atoms with Crippen molar-refractivity contribution in [1.82, 2.24) is 0 Å². The van der Waals surface area contributed by atoms with Crippen LogP contribution in [0.2, 0.25) is 0 Å². The summed E-state index contributed by atoms with van der Waals surface area (Å²) >= 11 is 0. The van der Waals surface area contributed by atoms with Crippen LogP contribution in [0.1, 0.15) is 39.2 Å². The zero-order valence-corrected chi connectivity index (χ0v) is 15.7. The van der Waals surface area contributed by atoms with E-state index >= 15 is 0 Å². The predicted molar refractivity (Wildman–Crippen MR) is 104 cm³/mol. The summed E-state index contributed by atoms with van der Waals surface area (Å²) in [6.45, 7) is 6.18. The standard InChI is InChI=1S/C15H20O2.C7H9N/c1-4-13(16)17-14-11(3)15(14,5-2)12-9-7-6-8-10-12;1-8-7-5-3-2-4-6-7/h6-11,14H,4-5H2,1-3H3;2-6,8H,1H3. The third-order valence-corrected chi connectivity index (χ3v) is 5.17. The average Bonchev–Trinajstić information content (AvgIpc) is 3.26. The van der Waals surface area contributed by atoms with Crippen molar-refractivity contribution in [2.75, 3.05) is 12.4 Å². The Morgan fingerprint density at radius 2 is 1.60 bits per heavy atom. The Kier molecular flexibility index (Phi) is 6.63. The Bertz CT molecular complexity index is 656. The van der Waals surface area contributed by atoms with Gasteiger partial charge in [0, 0.05) is 30.5 Å². The van der Waals surface area contributed by atoms with E-state index in [1.54, 1.807) is 0 Å². The van der Waals surface area contributed by atoms with Crippen LogP contribution in [0.15, 0.2) is 60.7 Å². The molecule has 1 N–H and O–H groups in total. The van der Waals surface area contributed by atoms with Crippen LogP contribution in [0, 0.1) is 5.92 Å². The van der Waals surface area contributed by atoms with E-state index in [9.17, 15) is 4.79 Å². The van der Waals surface area contributed by atoms with Crippen molar-refractivity contribution < 1.29 is 9.53 Å². The van der Waals surface area contributed by atoms with Crippen LogP contribution in [0.25, 0.3) is 0 Å². The van der Waals surface area contributed by atoms with Gasteiger partial charge >= 0.3 is 5.97 Å². The number of esters is 1. The molecule has 1 saturated carbocycles. The lowest BCUT2D eigenvalue weighted by Crippen LogP contribution is -2.16. The van der Waals surface area contributed by atoms with Crippen LogP contribution >= 0.6 is 0 Å². The van der Waals surface area contributed by atoms with Gasteiger partial charge in [0.2, 0.25) is 0 Å². The molecule has 134 valence electrons. The number of hydrogen-bond donors (Lipinski definition) is 1. The maximum absolute atomic E-state index is 11.4. The lowest BCUT2D eigenvalue weighted by molar-refractivity contribution is -0.145.